The first-order valence-electron chi connectivity index (χ1n) is 3.05. The second-order valence-electron chi connectivity index (χ2n) is 1.67. The molecule has 0 unspecified atom stereocenters. The van der Waals surface area contributed by atoms with E-state index >= 15 is 0 Å². The zero-order valence-corrected chi connectivity index (χ0v) is 7.48. The van der Waals surface area contributed by atoms with E-state index in [1.54, 1.807) is 6.07 Å². The Labute approximate surface area is 88.8 Å². The maximum atomic E-state index is 8.07. The molecule has 13 heavy (non-hydrogen) atoms. The molecular weight excluding hydrogens is 202 g/mol. The predicted octanol–water partition coefficient (Wildman–Crippen LogP) is 1.08. The summed E-state index contributed by atoms with van der Waals surface area (Å²) in [6.45, 7) is 0. The normalized spacial score (nSPS) is 7.31. The van der Waals surface area contributed by atoms with E-state index in [0.29, 0.717) is 5.56 Å². The predicted molar refractivity (Wildman–Crippen MR) is 39.5 cm³/mol. The van der Waals surface area contributed by atoms with E-state index in [1.165, 1.54) is 0 Å². The van der Waals surface area contributed by atoms with Crippen molar-refractivity contribution in [3.8, 4) is 6.07 Å². The summed E-state index contributed by atoms with van der Waals surface area (Å²) in [5.41, 5.74) is 0.375. The molecule has 0 aromatic heterocycles. The van der Waals surface area contributed by atoms with Crippen LogP contribution >= 0.6 is 0 Å². The van der Waals surface area contributed by atoms with Crippen LogP contribution < -0.4 is 0 Å². The minimum absolute atomic E-state index is 0. The summed E-state index contributed by atoms with van der Waals surface area (Å²) in [7, 11) is 0. The molecule has 0 saturated carbocycles. The van der Waals surface area contributed by atoms with Gasteiger partial charge in [0.05, 0.1) is 0 Å². The number of hydrogen-bond donors (Lipinski definition) is 0. The molecule has 2 rings (SSSR count). The smallest absolute Gasteiger partial charge is 0 e. The fourth-order valence-corrected chi connectivity index (χ4v) is 0.455. The molecule has 0 heterocycles. The largest absolute Gasteiger partial charge is 0.999 e. The molecule has 0 aliphatic heterocycles. The molecule has 0 atom stereocenters. The maximum Gasteiger partial charge on any atom is 0 e. The Balaban J connectivity index is 0.000000215. The molecule has 68 valence electrons. The zero-order chi connectivity index (χ0) is 8.65. The van der Waals surface area contributed by atoms with Crippen LogP contribution in [0.4, 0.5) is 0 Å². The third-order valence-corrected chi connectivity index (χ3v) is 0.900. The monoisotopic (exact) mass is 203 g/mol. The van der Waals surface area contributed by atoms with Crippen molar-refractivity contribution < 1.29 is 17.1 Å². The number of hydrogen-bond acceptors (Lipinski definition) is 1. The minimum Gasteiger partial charge on any atom is -0.999 e. The number of nitrogens with zero attached hydrogens (tertiary/aromatic N) is 1. The van der Waals surface area contributed by atoms with E-state index in [0.717, 1.165) is 0 Å². The molecule has 2 aromatic rings. The first kappa shape index (κ1) is 11.7. The van der Waals surface area contributed by atoms with Crippen molar-refractivity contribution in [3.05, 3.63) is 60.2 Å². The number of nitriles is 1. The van der Waals surface area contributed by atoms with Crippen molar-refractivity contribution in [2.75, 3.05) is 0 Å². The van der Waals surface area contributed by atoms with Crippen LogP contribution in [0.5, 0.6) is 0 Å². The van der Waals surface area contributed by atoms with Gasteiger partial charge in [-0.05, 0) is 0 Å². The number of rotatable bonds is 0. The van der Waals surface area contributed by atoms with Crippen molar-refractivity contribution in [1.29, 1.82) is 5.26 Å². The van der Waals surface area contributed by atoms with E-state index in [1.807, 2.05) is 6.07 Å². The second-order valence-corrected chi connectivity index (χ2v) is 1.67. The van der Waals surface area contributed by atoms with Gasteiger partial charge < -0.3 is 71.5 Å². The maximum absolute atomic E-state index is 8.07. The molecule has 0 radical (unpaired) electrons. The minimum atomic E-state index is 0. The van der Waals surface area contributed by atoms with Gasteiger partial charge >= 0.3 is 0 Å². The molecular formula is C11HFeN-10. The molecule has 1 nitrogen and oxygen atoms in total. The van der Waals surface area contributed by atoms with Crippen LogP contribution in [0.2, 0.25) is 0 Å². The van der Waals surface area contributed by atoms with Crippen LogP contribution in [0.25, 0.3) is 0 Å². The van der Waals surface area contributed by atoms with E-state index in [9.17, 15) is 0 Å². The van der Waals surface area contributed by atoms with Gasteiger partial charge in [-0.15, -0.1) is 0 Å². The van der Waals surface area contributed by atoms with Gasteiger partial charge in [0.1, 0.15) is 0 Å². The molecule has 0 aliphatic rings. The molecule has 0 spiro atoms. The Morgan fingerprint density at radius 2 is 1.54 bits per heavy atom. The molecule has 2 heteroatoms. The molecule has 0 bridgehead atoms. The third kappa shape index (κ3) is 5.03. The quantitative estimate of drug-likeness (QED) is 0.464. The van der Waals surface area contributed by atoms with Gasteiger partial charge in [-0.1, -0.05) is 0 Å². The Kier molecular flexibility index (Phi) is 6.63. The van der Waals surface area contributed by atoms with E-state index in [-0.39, 0.29) is 17.1 Å². The summed E-state index contributed by atoms with van der Waals surface area (Å²) >= 11 is 0. The van der Waals surface area contributed by atoms with Crippen molar-refractivity contribution in [3.63, 3.8) is 0 Å². The summed E-state index contributed by atoms with van der Waals surface area (Å²) in [6.07, 6.45) is 0. The molecule has 0 aliphatic carbocycles. The van der Waals surface area contributed by atoms with E-state index < -0.39 is 0 Å². The Hall–Kier alpha value is -1.29. The van der Waals surface area contributed by atoms with Crippen LogP contribution in [-0.4, -0.2) is 0 Å². The van der Waals surface area contributed by atoms with Crippen molar-refractivity contribution in [2.24, 2.45) is 0 Å². The fraction of sp³-hybridized carbons (Fsp3) is 0. The van der Waals surface area contributed by atoms with Crippen LogP contribution in [0, 0.1) is 59.9 Å². The van der Waals surface area contributed by atoms with Crippen LogP contribution in [0.1, 0.15) is 5.56 Å². The Bertz CT molecular complexity index is 296. The van der Waals surface area contributed by atoms with Crippen LogP contribution in [0.3, 0.4) is 0 Å². The molecule has 2 aromatic carbocycles. The molecule has 0 saturated heterocycles. The van der Waals surface area contributed by atoms with Gasteiger partial charge in [0.15, 0.2) is 0 Å². The average molecular weight is 203 g/mol. The summed E-state index contributed by atoms with van der Waals surface area (Å²) in [6, 6.07) is 23.7. The van der Waals surface area contributed by atoms with Gasteiger partial charge in [0.25, 0.3) is 0 Å². The average Bonchev–Trinajstić information content (AvgIpc) is 2.81. The van der Waals surface area contributed by atoms with Crippen LogP contribution in [-0.2, 0) is 17.1 Å². The first-order valence-corrected chi connectivity index (χ1v) is 3.05. The Morgan fingerprint density at radius 1 is 1.00 bits per heavy atom. The molecule has 0 amide bonds. The van der Waals surface area contributed by atoms with Gasteiger partial charge in [-0.3, -0.25) is 0 Å². The van der Waals surface area contributed by atoms with Crippen molar-refractivity contribution in [2.45, 2.75) is 0 Å². The zero-order valence-electron chi connectivity index (χ0n) is 6.38. The van der Waals surface area contributed by atoms with Gasteiger partial charge in [-0.25, -0.2) is 0 Å². The van der Waals surface area contributed by atoms with Crippen LogP contribution in [0.15, 0.2) is 6.07 Å². The second kappa shape index (κ2) is 7.36. The topological polar surface area (TPSA) is 23.8 Å². The molecule has 0 N–H and O–H groups in total. The van der Waals surface area contributed by atoms with Gasteiger partial charge in [0.2, 0.25) is 0 Å². The standard InChI is InChI=1S/C6N.C5H.Fe/c7-5-6-3-1-2-4-6;1-2-4-5-3-1;/h;1H;/q2*-5;. The van der Waals surface area contributed by atoms with Crippen molar-refractivity contribution >= 4 is 0 Å². The van der Waals surface area contributed by atoms with Gasteiger partial charge in [-0.2, -0.15) is 0 Å². The fourth-order valence-electron chi connectivity index (χ4n) is 0.455. The Morgan fingerprint density at radius 3 is 1.77 bits per heavy atom. The van der Waals surface area contributed by atoms with Gasteiger partial charge in [0, 0.05) is 17.1 Å². The van der Waals surface area contributed by atoms with E-state index in [2.05, 4.69) is 48.5 Å². The molecule has 0 fully saturated rings. The summed E-state index contributed by atoms with van der Waals surface area (Å²) in [5.74, 6) is 0. The summed E-state index contributed by atoms with van der Waals surface area (Å²) < 4.78 is 0. The first-order chi connectivity index (χ1) is 5.93. The summed E-state index contributed by atoms with van der Waals surface area (Å²) in [4.78, 5) is 0. The SMILES string of the molecule is N#C[c-]1[c-][c-][c-][c-]1.[Fe].[c-]1[c-][c-][cH-][c-]1. The summed E-state index contributed by atoms with van der Waals surface area (Å²) in [5, 5.41) is 8.07. The van der Waals surface area contributed by atoms with Crippen molar-refractivity contribution in [1.82, 2.24) is 0 Å². The third-order valence-electron chi connectivity index (χ3n) is 0.900. The van der Waals surface area contributed by atoms with E-state index in [4.69, 9.17) is 5.26 Å².